The molecule has 0 saturated heterocycles. The Labute approximate surface area is 199 Å². The summed E-state index contributed by atoms with van der Waals surface area (Å²) in [4.78, 5) is 19.5. The Morgan fingerprint density at radius 3 is 2.41 bits per heavy atom. The number of amides is 1. The van der Waals surface area contributed by atoms with Crippen LogP contribution >= 0.6 is 23.2 Å². The van der Waals surface area contributed by atoms with Gasteiger partial charge in [0.1, 0.15) is 5.82 Å². The summed E-state index contributed by atoms with van der Waals surface area (Å²) in [6.07, 6.45) is 4.17. The van der Waals surface area contributed by atoms with Crippen LogP contribution in [0.1, 0.15) is 36.0 Å². The lowest BCUT2D eigenvalue weighted by Gasteiger charge is -2.30. The van der Waals surface area contributed by atoms with E-state index in [-0.39, 0.29) is 5.91 Å². The molecule has 0 radical (unpaired) electrons. The minimum absolute atomic E-state index is 0.211. The molecule has 2 aromatic carbocycles. The Morgan fingerprint density at radius 1 is 1.03 bits per heavy atom. The fraction of sp³-hybridized carbons (Fsp3) is 0.360. The van der Waals surface area contributed by atoms with E-state index in [1.54, 1.807) is 18.2 Å². The van der Waals surface area contributed by atoms with Gasteiger partial charge in [0.25, 0.3) is 5.91 Å². The number of carbonyl (C=O) groups is 1. The van der Waals surface area contributed by atoms with Crippen molar-refractivity contribution in [1.82, 2.24) is 10.3 Å². The summed E-state index contributed by atoms with van der Waals surface area (Å²) >= 11 is 12.3. The number of pyridine rings is 1. The third kappa shape index (κ3) is 5.11. The normalized spacial score (nSPS) is 18.4. The molecule has 1 fully saturated rings. The number of para-hydroxylation sites is 1. The Bertz CT molecular complexity index is 1090. The first-order chi connectivity index (χ1) is 15.4. The highest BCUT2D eigenvalue weighted by Gasteiger charge is 2.23. The fourth-order valence-electron chi connectivity index (χ4n) is 4.36. The van der Waals surface area contributed by atoms with Crippen molar-refractivity contribution in [3.05, 3.63) is 64.1 Å². The van der Waals surface area contributed by atoms with Gasteiger partial charge in [-0.3, -0.25) is 4.79 Å². The molecule has 7 heteroatoms. The zero-order valence-electron chi connectivity index (χ0n) is 18.4. The molecule has 32 heavy (non-hydrogen) atoms. The number of anilines is 2. The van der Waals surface area contributed by atoms with Crippen LogP contribution in [0, 0.1) is 5.92 Å². The number of nitrogens with zero attached hydrogens (tertiary/aromatic N) is 2. The molecule has 0 aliphatic heterocycles. The van der Waals surface area contributed by atoms with Crippen LogP contribution < -0.4 is 15.5 Å². The highest BCUT2D eigenvalue weighted by atomic mass is 35.5. The van der Waals surface area contributed by atoms with E-state index in [1.165, 1.54) is 0 Å². The Kier molecular flexibility index (Phi) is 7.07. The van der Waals surface area contributed by atoms with Crippen LogP contribution in [-0.4, -0.2) is 37.6 Å². The van der Waals surface area contributed by atoms with Gasteiger partial charge in [0, 0.05) is 43.8 Å². The van der Waals surface area contributed by atoms with Gasteiger partial charge in [-0.2, -0.15) is 0 Å². The number of carbonyl (C=O) groups excluding carboxylic acids is 1. The van der Waals surface area contributed by atoms with E-state index >= 15 is 0 Å². The Morgan fingerprint density at radius 2 is 1.72 bits per heavy atom. The molecule has 1 aromatic heterocycles. The summed E-state index contributed by atoms with van der Waals surface area (Å²) in [5.41, 5.74) is 2.51. The van der Waals surface area contributed by atoms with Gasteiger partial charge in [-0.1, -0.05) is 47.5 Å². The van der Waals surface area contributed by atoms with Gasteiger partial charge < -0.3 is 15.5 Å². The number of aromatic nitrogens is 1. The summed E-state index contributed by atoms with van der Waals surface area (Å²) in [5, 5.41) is 8.55. The second-order valence-electron chi connectivity index (χ2n) is 8.61. The lowest BCUT2D eigenvalue weighted by atomic mass is 9.86. The van der Waals surface area contributed by atoms with E-state index < -0.39 is 0 Å². The van der Waals surface area contributed by atoms with Crippen LogP contribution in [0.2, 0.25) is 10.0 Å². The Hall–Kier alpha value is -2.50. The molecule has 0 atom stereocenters. The third-order valence-electron chi connectivity index (χ3n) is 6.12. The predicted molar refractivity (Wildman–Crippen MR) is 134 cm³/mol. The number of hydrogen-bond acceptors (Lipinski definition) is 4. The van der Waals surface area contributed by atoms with Crippen molar-refractivity contribution in [2.75, 3.05) is 30.9 Å². The summed E-state index contributed by atoms with van der Waals surface area (Å²) in [6, 6.07) is 15.8. The molecule has 0 bridgehead atoms. The van der Waals surface area contributed by atoms with E-state index in [2.05, 4.69) is 47.8 Å². The molecule has 0 spiro atoms. The SMILES string of the molecule is CN(C)c1cc(NC2CCC(CNC(=O)c3c(Cl)cccc3Cl)CC2)nc2ccccc12. The molecule has 1 saturated carbocycles. The van der Waals surface area contributed by atoms with Crippen molar-refractivity contribution >= 4 is 51.5 Å². The maximum absolute atomic E-state index is 12.5. The molecule has 1 aliphatic carbocycles. The van der Waals surface area contributed by atoms with Crippen molar-refractivity contribution in [2.45, 2.75) is 31.7 Å². The van der Waals surface area contributed by atoms with Crippen LogP contribution in [0.3, 0.4) is 0 Å². The van der Waals surface area contributed by atoms with E-state index in [1.807, 2.05) is 12.1 Å². The van der Waals surface area contributed by atoms with E-state index in [4.69, 9.17) is 28.2 Å². The third-order valence-corrected chi connectivity index (χ3v) is 6.75. The highest BCUT2D eigenvalue weighted by molar-refractivity contribution is 6.39. The second-order valence-corrected chi connectivity index (χ2v) is 9.42. The van der Waals surface area contributed by atoms with E-state index in [0.717, 1.165) is 48.1 Å². The summed E-state index contributed by atoms with van der Waals surface area (Å²) in [7, 11) is 4.11. The maximum Gasteiger partial charge on any atom is 0.254 e. The van der Waals surface area contributed by atoms with Crippen molar-refractivity contribution < 1.29 is 4.79 Å². The van der Waals surface area contributed by atoms with Gasteiger partial charge in [0.15, 0.2) is 0 Å². The Balaban J connectivity index is 1.33. The van der Waals surface area contributed by atoms with Crippen molar-refractivity contribution in [3.63, 3.8) is 0 Å². The zero-order chi connectivity index (χ0) is 22.7. The number of hydrogen-bond donors (Lipinski definition) is 2. The number of nitrogens with one attached hydrogen (secondary N) is 2. The van der Waals surface area contributed by atoms with Crippen molar-refractivity contribution in [1.29, 1.82) is 0 Å². The van der Waals surface area contributed by atoms with Crippen LogP contribution in [-0.2, 0) is 0 Å². The smallest absolute Gasteiger partial charge is 0.254 e. The molecule has 1 amide bonds. The molecule has 4 rings (SSSR count). The molecule has 2 N–H and O–H groups in total. The number of fused-ring (bicyclic) bond motifs is 1. The number of benzene rings is 2. The average Bonchev–Trinajstić information content (AvgIpc) is 2.78. The van der Waals surface area contributed by atoms with Crippen LogP contribution in [0.5, 0.6) is 0 Å². The molecule has 168 valence electrons. The molecule has 1 heterocycles. The molecular weight excluding hydrogens is 443 g/mol. The maximum atomic E-state index is 12.5. The predicted octanol–water partition coefficient (Wildman–Crippen LogP) is 6.01. The molecule has 3 aromatic rings. The quantitative estimate of drug-likeness (QED) is 0.463. The van der Waals surface area contributed by atoms with Crippen molar-refractivity contribution in [3.8, 4) is 0 Å². The summed E-state index contributed by atoms with van der Waals surface area (Å²) in [6.45, 7) is 0.631. The standard InChI is InChI=1S/C25H28Cl2N4O/c1-31(2)22-14-23(30-21-9-4-3-6-18(21)22)29-17-12-10-16(11-13-17)15-28-25(32)24-19(26)7-5-8-20(24)27/h3-9,14,16-17H,10-13,15H2,1-2H3,(H,28,32)(H,29,30). The second kappa shape index (κ2) is 9.97. The topological polar surface area (TPSA) is 57.3 Å². The summed E-state index contributed by atoms with van der Waals surface area (Å²) in [5.74, 6) is 1.15. The zero-order valence-corrected chi connectivity index (χ0v) is 19.9. The van der Waals surface area contributed by atoms with Gasteiger partial charge >= 0.3 is 0 Å². The largest absolute Gasteiger partial charge is 0.377 e. The van der Waals surface area contributed by atoms with Crippen LogP contribution in [0.25, 0.3) is 10.9 Å². The van der Waals surface area contributed by atoms with Gasteiger partial charge in [0.2, 0.25) is 0 Å². The fourth-order valence-corrected chi connectivity index (χ4v) is 4.93. The number of halogens is 2. The minimum Gasteiger partial charge on any atom is -0.377 e. The van der Waals surface area contributed by atoms with Gasteiger partial charge in [-0.05, 0) is 49.8 Å². The average molecular weight is 471 g/mol. The van der Waals surface area contributed by atoms with Crippen molar-refractivity contribution in [2.24, 2.45) is 5.92 Å². The first kappa shape index (κ1) is 22.7. The lowest BCUT2D eigenvalue weighted by molar-refractivity contribution is 0.0943. The van der Waals surface area contributed by atoms with Gasteiger partial charge in [-0.25, -0.2) is 4.98 Å². The van der Waals surface area contributed by atoms with Crippen LogP contribution in [0.4, 0.5) is 11.5 Å². The molecular formula is C25H28Cl2N4O. The first-order valence-corrected chi connectivity index (χ1v) is 11.7. The van der Waals surface area contributed by atoms with E-state index in [0.29, 0.717) is 34.1 Å². The summed E-state index contributed by atoms with van der Waals surface area (Å²) < 4.78 is 0. The minimum atomic E-state index is -0.211. The van der Waals surface area contributed by atoms with Gasteiger partial charge in [-0.15, -0.1) is 0 Å². The lowest BCUT2D eigenvalue weighted by Crippen LogP contribution is -2.34. The number of rotatable bonds is 6. The molecule has 0 unspecified atom stereocenters. The molecule has 5 nitrogen and oxygen atoms in total. The first-order valence-electron chi connectivity index (χ1n) is 11.0. The van der Waals surface area contributed by atoms with E-state index in [9.17, 15) is 4.79 Å². The highest BCUT2D eigenvalue weighted by Crippen LogP contribution is 2.30. The molecule has 1 aliphatic rings. The van der Waals surface area contributed by atoms with Crippen LogP contribution in [0.15, 0.2) is 48.5 Å². The monoisotopic (exact) mass is 470 g/mol. The van der Waals surface area contributed by atoms with Gasteiger partial charge in [0.05, 0.1) is 21.1 Å².